The number of nitrogens with zero attached hydrogens (tertiary/aromatic N) is 2. The van der Waals surface area contributed by atoms with Crippen molar-refractivity contribution in [3.8, 4) is 0 Å². The standard InChI is InChI=1S/C10H10BrFN2O/c11-8-1-2-14(6-8)10(15)7-3-9(12)5-13-4-7/h3-5,8H,1-2,6H2. The van der Waals surface area contributed by atoms with E-state index in [9.17, 15) is 9.18 Å². The number of pyridine rings is 1. The number of alkyl halides is 1. The van der Waals surface area contributed by atoms with Crippen molar-refractivity contribution in [3.63, 3.8) is 0 Å². The third-order valence-corrected chi connectivity index (χ3v) is 3.12. The zero-order chi connectivity index (χ0) is 10.8. The first-order valence-electron chi connectivity index (χ1n) is 4.70. The van der Waals surface area contributed by atoms with Gasteiger partial charge in [-0.05, 0) is 12.5 Å². The van der Waals surface area contributed by atoms with E-state index in [1.807, 2.05) is 0 Å². The summed E-state index contributed by atoms with van der Waals surface area (Å²) in [5, 5.41) is 0. The molecule has 0 aromatic carbocycles. The summed E-state index contributed by atoms with van der Waals surface area (Å²) in [6, 6.07) is 1.22. The lowest BCUT2D eigenvalue weighted by atomic mass is 10.2. The van der Waals surface area contributed by atoms with Crippen molar-refractivity contribution >= 4 is 21.8 Å². The van der Waals surface area contributed by atoms with Gasteiger partial charge in [0.25, 0.3) is 5.91 Å². The molecule has 1 aromatic rings. The normalized spacial score (nSPS) is 20.7. The van der Waals surface area contributed by atoms with E-state index in [1.165, 1.54) is 12.3 Å². The van der Waals surface area contributed by atoms with Gasteiger partial charge in [0.1, 0.15) is 5.82 Å². The Morgan fingerprint density at radius 3 is 3.00 bits per heavy atom. The van der Waals surface area contributed by atoms with Crippen LogP contribution >= 0.6 is 15.9 Å². The molecule has 1 aliphatic rings. The Labute approximate surface area is 95.4 Å². The maximum atomic E-state index is 12.8. The molecule has 1 fully saturated rings. The molecule has 80 valence electrons. The molecule has 15 heavy (non-hydrogen) atoms. The number of aromatic nitrogens is 1. The molecule has 1 unspecified atom stereocenters. The monoisotopic (exact) mass is 272 g/mol. The molecule has 0 radical (unpaired) electrons. The van der Waals surface area contributed by atoms with Crippen LogP contribution in [0.15, 0.2) is 18.5 Å². The molecule has 2 rings (SSSR count). The van der Waals surface area contributed by atoms with E-state index in [0.717, 1.165) is 12.6 Å². The van der Waals surface area contributed by atoms with Crippen molar-refractivity contribution in [1.29, 1.82) is 0 Å². The predicted molar refractivity (Wildman–Crippen MR) is 57.4 cm³/mol. The average molecular weight is 273 g/mol. The molecule has 5 heteroatoms. The predicted octanol–water partition coefficient (Wildman–Crippen LogP) is 1.83. The van der Waals surface area contributed by atoms with E-state index < -0.39 is 5.82 Å². The van der Waals surface area contributed by atoms with Gasteiger partial charge in [0.2, 0.25) is 0 Å². The second-order valence-corrected chi connectivity index (χ2v) is 4.82. The molecule has 1 amide bonds. The summed E-state index contributed by atoms with van der Waals surface area (Å²) in [6.45, 7) is 1.39. The largest absolute Gasteiger partial charge is 0.337 e. The minimum Gasteiger partial charge on any atom is -0.337 e. The van der Waals surface area contributed by atoms with Crippen molar-refractivity contribution in [2.75, 3.05) is 13.1 Å². The van der Waals surface area contributed by atoms with Crippen LogP contribution in [0.5, 0.6) is 0 Å². The summed E-state index contributed by atoms with van der Waals surface area (Å²) < 4.78 is 12.8. The molecule has 0 saturated carbocycles. The zero-order valence-electron chi connectivity index (χ0n) is 7.99. The molecule has 0 aliphatic carbocycles. The van der Waals surface area contributed by atoms with Crippen LogP contribution in [0.4, 0.5) is 4.39 Å². The van der Waals surface area contributed by atoms with Crippen molar-refractivity contribution < 1.29 is 9.18 Å². The van der Waals surface area contributed by atoms with Crippen LogP contribution in [0.1, 0.15) is 16.8 Å². The van der Waals surface area contributed by atoms with Crippen molar-refractivity contribution in [3.05, 3.63) is 29.8 Å². The van der Waals surface area contributed by atoms with Crippen LogP contribution in [-0.2, 0) is 0 Å². The van der Waals surface area contributed by atoms with Crippen molar-refractivity contribution in [2.45, 2.75) is 11.2 Å². The number of amides is 1. The van der Waals surface area contributed by atoms with Gasteiger partial charge in [0.05, 0.1) is 11.8 Å². The number of halogens is 2. The lowest BCUT2D eigenvalue weighted by Crippen LogP contribution is -2.28. The average Bonchev–Trinajstić information content (AvgIpc) is 2.64. The highest BCUT2D eigenvalue weighted by Gasteiger charge is 2.25. The SMILES string of the molecule is O=C(c1cncc(F)c1)N1CCC(Br)C1. The maximum Gasteiger partial charge on any atom is 0.255 e. The number of carbonyl (C=O) groups is 1. The summed E-state index contributed by atoms with van der Waals surface area (Å²) in [6.07, 6.45) is 3.43. The van der Waals surface area contributed by atoms with E-state index in [-0.39, 0.29) is 5.91 Å². The fourth-order valence-electron chi connectivity index (χ4n) is 1.61. The van der Waals surface area contributed by atoms with Gasteiger partial charge in [-0.25, -0.2) is 4.39 Å². The summed E-state index contributed by atoms with van der Waals surface area (Å²) >= 11 is 3.45. The first-order valence-corrected chi connectivity index (χ1v) is 5.62. The highest BCUT2D eigenvalue weighted by molar-refractivity contribution is 9.09. The van der Waals surface area contributed by atoms with Crippen molar-refractivity contribution in [2.24, 2.45) is 0 Å². The van der Waals surface area contributed by atoms with E-state index in [4.69, 9.17) is 0 Å². The molecule has 1 aliphatic heterocycles. The number of hydrogen-bond acceptors (Lipinski definition) is 2. The molecule has 0 bridgehead atoms. The highest BCUT2D eigenvalue weighted by Crippen LogP contribution is 2.18. The minimum atomic E-state index is -0.476. The summed E-state index contributed by atoms with van der Waals surface area (Å²) in [4.78, 5) is 17.6. The Balaban J connectivity index is 2.14. The Morgan fingerprint density at radius 1 is 1.60 bits per heavy atom. The Morgan fingerprint density at radius 2 is 2.40 bits per heavy atom. The fourth-order valence-corrected chi connectivity index (χ4v) is 2.17. The smallest absolute Gasteiger partial charge is 0.255 e. The lowest BCUT2D eigenvalue weighted by Gasteiger charge is -2.14. The Bertz CT molecular complexity index is 385. The number of rotatable bonds is 1. The molecular weight excluding hydrogens is 263 g/mol. The van der Waals surface area contributed by atoms with Gasteiger partial charge in [-0.1, -0.05) is 15.9 Å². The van der Waals surface area contributed by atoms with Gasteiger partial charge >= 0.3 is 0 Å². The zero-order valence-corrected chi connectivity index (χ0v) is 9.58. The van der Waals surface area contributed by atoms with Crippen LogP contribution in [0.2, 0.25) is 0 Å². The topological polar surface area (TPSA) is 33.2 Å². The van der Waals surface area contributed by atoms with Gasteiger partial charge in [-0.15, -0.1) is 0 Å². The summed E-state index contributed by atoms with van der Waals surface area (Å²) in [5.74, 6) is -0.626. The van der Waals surface area contributed by atoms with Crippen LogP contribution in [0, 0.1) is 5.82 Å². The van der Waals surface area contributed by atoms with E-state index in [0.29, 0.717) is 23.5 Å². The molecular formula is C10H10BrFN2O. The van der Waals surface area contributed by atoms with Crippen LogP contribution in [0.25, 0.3) is 0 Å². The fraction of sp³-hybridized carbons (Fsp3) is 0.400. The number of hydrogen-bond donors (Lipinski definition) is 0. The van der Waals surface area contributed by atoms with E-state index in [1.54, 1.807) is 4.90 Å². The maximum absolute atomic E-state index is 12.8. The van der Waals surface area contributed by atoms with Gasteiger partial charge in [0, 0.05) is 24.1 Å². The minimum absolute atomic E-state index is 0.149. The second kappa shape index (κ2) is 4.26. The summed E-state index contributed by atoms with van der Waals surface area (Å²) in [5.41, 5.74) is 0.316. The Kier molecular flexibility index (Phi) is 3.00. The van der Waals surface area contributed by atoms with Crippen LogP contribution < -0.4 is 0 Å². The molecule has 1 aromatic heterocycles. The highest BCUT2D eigenvalue weighted by atomic mass is 79.9. The molecule has 0 spiro atoms. The van der Waals surface area contributed by atoms with E-state index in [2.05, 4.69) is 20.9 Å². The third kappa shape index (κ3) is 2.34. The van der Waals surface area contributed by atoms with Gasteiger partial charge in [0.15, 0.2) is 0 Å². The van der Waals surface area contributed by atoms with Crippen LogP contribution in [-0.4, -0.2) is 33.7 Å². The Hall–Kier alpha value is -0.970. The van der Waals surface area contributed by atoms with Gasteiger partial charge in [-0.2, -0.15) is 0 Å². The summed E-state index contributed by atoms with van der Waals surface area (Å²) in [7, 11) is 0. The number of likely N-dealkylation sites (tertiary alicyclic amines) is 1. The lowest BCUT2D eigenvalue weighted by molar-refractivity contribution is 0.0792. The van der Waals surface area contributed by atoms with E-state index >= 15 is 0 Å². The van der Waals surface area contributed by atoms with Crippen LogP contribution in [0.3, 0.4) is 0 Å². The van der Waals surface area contributed by atoms with Gasteiger partial charge in [-0.3, -0.25) is 9.78 Å². The molecule has 3 nitrogen and oxygen atoms in total. The second-order valence-electron chi connectivity index (χ2n) is 3.53. The molecule has 0 N–H and O–H groups in total. The first kappa shape index (κ1) is 10.5. The molecule has 1 atom stereocenters. The quantitative estimate of drug-likeness (QED) is 0.731. The molecule has 1 saturated heterocycles. The third-order valence-electron chi connectivity index (χ3n) is 2.37. The molecule has 2 heterocycles. The van der Waals surface area contributed by atoms with Gasteiger partial charge < -0.3 is 4.90 Å². The first-order chi connectivity index (χ1) is 7.16. The number of carbonyl (C=O) groups excluding carboxylic acids is 1. The van der Waals surface area contributed by atoms with Crippen molar-refractivity contribution in [1.82, 2.24) is 9.88 Å².